The lowest BCUT2D eigenvalue weighted by Gasteiger charge is -2.28. The van der Waals surface area contributed by atoms with E-state index in [9.17, 15) is 20.2 Å². The number of carbonyl (C=O) groups is 1. The van der Waals surface area contributed by atoms with Crippen LogP contribution in [0.15, 0.2) is 22.6 Å². The summed E-state index contributed by atoms with van der Waals surface area (Å²) in [6.07, 6.45) is 0. The summed E-state index contributed by atoms with van der Waals surface area (Å²) < 4.78 is 10.7. The van der Waals surface area contributed by atoms with Gasteiger partial charge in [0, 0.05) is 30.3 Å². The molecule has 0 bridgehead atoms. The van der Waals surface area contributed by atoms with Crippen LogP contribution < -0.4 is 10.2 Å². The average Bonchev–Trinajstić information content (AvgIpc) is 2.94. The van der Waals surface area contributed by atoms with Gasteiger partial charge in [0.25, 0.3) is 11.6 Å². The molecule has 9 heteroatoms. The molecule has 0 spiro atoms. The molecule has 1 aliphatic heterocycles. The van der Waals surface area contributed by atoms with Crippen molar-refractivity contribution in [3.8, 4) is 6.07 Å². The summed E-state index contributed by atoms with van der Waals surface area (Å²) in [5.41, 5.74) is 1.27. The number of hydrogen-bond acceptors (Lipinski definition) is 7. The van der Waals surface area contributed by atoms with Crippen LogP contribution in [-0.4, -0.2) is 37.1 Å². The van der Waals surface area contributed by atoms with Crippen LogP contribution in [0.2, 0.25) is 0 Å². The van der Waals surface area contributed by atoms with Gasteiger partial charge in [-0.25, -0.2) is 0 Å². The monoisotopic (exact) mass is 370 g/mol. The van der Waals surface area contributed by atoms with E-state index >= 15 is 0 Å². The van der Waals surface area contributed by atoms with Crippen molar-refractivity contribution in [3.63, 3.8) is 0 Å². The average molecular weight is 370 g/mol. The molecule has 1 aromatic carbocycles. The molecule has 1 amide bonds. The highest BCUT2D eigenvalue weighted by Crippen LogP contribution is 2.31. The van der Waals surface area contributed by atoms with Crippen LogP contribution in [-0.2, 0) is 4.74 Å². The Bertz CT molecular complexity index is 938. The van der Waals surface area contributed by atoms with Crippen molar-refractivity contribution in [1.82, 2.24) is 0 Å². The fourth-order valence-electron chi connectivity index (χ4n) is 2.91. The fourth-order valence-corrected chi connectivity index (χ4v) is 2.91. The molecule has 1 aromatic heterocycles. The third-order valence-corrected chi connectivity index (χ3v) is 4.51. The first-order valence-corrected chi connectivity index (χ1v) is 8.35. The molecule has 0 saturated carbocycles. The molecule has 0 aliphatic carbocycles. The zero-order chi connectivity index (χ0) is 19.6. The maximum absolute atomic E-state index is 12.5. The number of nitrogens with zero attached hydrogens (tertiary/aromatic N) is 3. The SMILES string of the molecule is Cc1oc(NC(=O)c2ccc(N3CCOCC3)c([N+](=O)[O-])c2)c(C#N)c1C. The van der Waals surface area contributed by atoms with Crippen molar-refractivity contribution >= 4 is 23.2 Å². The smallest absolute Gasteiger partial charge is 0.293 e. The summed E-state index contributed by atoms with van der Waals surface area (Å²) in [5.74, 6) is -0.0233. The molecule has 1 fully saturated rings. The molecule has 140 valence electrons. The van der Waals surface area contributed by atoms with E-state index in [1.807, 2.05) is 11.0 Å². The molecule has 1 aliphatic rings. The molecule has 0 atom stereocenters. The Morgan fingerprint density at radius 3 is 2.67 bits per heavy atom. The van der Waals surface area contributed by atoms with Crippen molar-refractivity contribution in [2.24, 2.45) is 0 Å². The molecule has 2 heterocycles. The van der Waals surface area contributed by atoms with Crippen LogP contribution in [0.4, 0.5) is 17.3 Å². The maximum atomic E-state index is 12.5. The van der Waals surface area contributed by atoms with E-state index in [0.717, 1.165) is 0 Å². The zero-order valence-corrected chi connectivity index (χ0v) is 14.9. The molecule has 1 N–H and O–H groups in total. The Balaban J connectivity index is 1.89. The van der Waals surface area contributed by atoms with Gasteiger partial charge >= 0.3 is 0 Å². The zero-order valence-electron chi connectivity index (χ0n) is 14.9. The van der Waals surface area contributed by atoms with Crippen LogP contribution in [0.3, 0.4) is 0 Å². The number of nitriles is 1. The van der Waals surface area contributed by atoms with Gasteiger partial charge in [0.2, 0.25) is 5.88 Å². The topological polar surface area (TPSA) is 122 Å². The van der Waals surface area contributed by atoms with Crippen LogP contribution in [0, 0.1) is 35.3 Å². The number of ether oxygens (including phenoxy) is 1. The number of aryl methyl sites for hydroxylation is 1. The predicted molar refractivity (Wildman–Crippen MR) is 97.0 cm³/mol. The summed E-state index contributed by atoms with van der Waals surface area (Å²) in [6, 6.07) is 6.29. The number of carbonyl (C=O) groups excluding carboxylic acids is 1. The minimum Gasteiger partial charge on any atom is -0.444 e. The standard InChI is InChI=1S/C18H18N4O5/c1-11-12(2)27-18(14(11)10-19)20-17(23)13-3-4-15(16(9-13)22(24)25)21-5-7-26-8-6-21/h3-4,9H,5-8H2,1-2H3,(H,20,23). The van der Waals surface area contributed by atoms with Gasteiger partial charge in [-0.05, 0) is 26.0 Å². The van der Waals surface area contributed by atoms with Gasteiger partial charge < -0.3 is 14.1 Å². The number of nitro benzene ring substituents is 1. The first-order valence-electron chi connectivity index (χ1n) is 8.35. The quantitative estimate of drug-likeness (QED) is 0.648. The highest BCUT2D eigenvalue weighted by atomic mass is 16.6. The Hall–Kier alpha value is -3.38. The van der Waals surface area contributed by atoms with E-state index in [1.54, 1.807) is 19.9 Å². The van der Waals surface area contributed by atoms with Gasteiger partial charge in [-0.15, -0.1) is 0 Å². The van der Waals surface area contributed by atoms with E-state index in [4.69, 9.17) is 9.15 Å². The van der Waals surface area contributed by atoms with Gasteiger partial charge in [0.05, 0.1) is 18.1 Å². The van der Waals surface area contributed by atoms with E-state index in [2.05, 4.69) is 5.32 Å². The highest BCUT2D eigenvalue weighted by Gasteiger charge is 2.24. The van der Waals surface area contributed by atoms with Gasteiger partial charge in [-0.2, -0.15) is 5.26 Å². The second-order valence-electron chi connectivity index (χ2n) is 6.11. The number of nitrogens with one attached hydrogen (secondary N) is 1. The number of amides is 1. The lowest BCUT2D eigenvalue weighted by atomic mass is 10.1. The Morgan fingerprint density at radius 1 is 1.33 bits per heavy atom. The number of nitro groups is 1. The van der Waals surface area contributed by atoms with E-state index in [-0.39, 0.29) is 22.7 Å². The van der Waals surface area contributed by atoms with Gasteiger partial charge in [0.15, 0.2) is 0 Å². The number of morpholine rings is 1. The van der Waals surface area contributed by atoms with Crippen molar-refractivity contribution in [3.05, 3.63) is 50.8 Å². The van der Waals surface area contributed by atoms with Crippen molar-refractivity contribution in [2.75, 3.05) is 36.5 Å². The molecular weight excluding hydrogens is 352 g/mol. The van der Waals surface area contributed by atoms with Gasteiger partial charge in [-0.3, -0.25) is 20.2 Å². The molecule has 3 rings (SSSR count). The minimum absolute atomic E-state index is 0.0393. The normalized spacial score (nSPS) is 13.9. The molecular formula is C18H18N4O5. The lowest BCUT2D eigenvalue weighted by Crippen LogP contribution is -2.36. The Labute approximate surface area is 155 Å². The molecule has 2 aromatic rings. The number of rotatable bonds is 4. The van der Waals surface area contributed by atoms with Crippen molar-refractivity contribution in [1.29, 1.82) is 5.26 Å². The summed E-state index contributed by atoms with van der Waals surface area (Å²) in [5, 5.41) is 23.2. The van der Waals surface area contributed by atoms with Crippen molar-refractivity contribution in [2.45, 2.75) is 13.8 Å². The van der Waals surface area contributed by atoms with Gasteiger partial charge in [-0.1, -0.05) is 0 Å². The Kier molecular flexibility index (Phi) is 5.09. The second-order valence-corrected chi connectivity index (χ2v) is 6.11. The first-order chi connectivity index (χ1) is 12.9. The summed E-state index contributed by atoms with van der Waals surface area (Å²) >= 11 is 0. The lowest BCUT2D eigenvalue weighted by molar-refractivity contribution is -0.384. The van der Waals surface area contributed by atoms with Crippen LogP contribution in [0.25, 0.3) is 0 Å². The van der Waals surface area contributed by atoms with Crippen LogP contribution in [0.5, 0.6) is 0 Å². The van der Waals surface area contributed by atoms with Crippen LogP contribution >= 0.6 is 0 Å². The first kappa shape index (κ1) is 18.4. The maximum Gasteiger partial charge on any atom is 0.293 e. The van der Waals surface area contributed by atoms with Crippen molar-refractivity contribution < 1.29 is 18.9 Å². The fraction of sp³-hybridized carbons (Fsp3) is 0.333. The van der Waals surface area contributed by atoms with Crippen LogP contribution in [0.1, 0.15) is 27.2 Å². The largest absolute Gasteiger partial charge is 0.444 e. The second kappa shape index (κ2) is 7.47. The number of hydrogen-bond donors (Lipinski definition) is 1. The third-order valence-electron chi connectivity index (χ3n) is 4.51. The molecule has 9 nitrogen and oxygen atoms in total. The Morgan fingerprint density at radius 2 is 2.04 bits per heavy atom. The third kappa shape index (κ3) is 3.61. The number of anilines is 2. The number of furan rings is 1. The van der Waals surface area contributed by atoms with Gasteiger partial charge in [0.1, 0.15) is 23.1 Å². The highest BCUT2D eigenvalue weighted by molar-refractivity contribution is 6.05. The minimum atomic E-state index is -0.586. The molecule has 0 unspecified atom stereocenters. The van der Waals surface area contributed by atoms with E-state index < -0.39 is 10.8 Å². The molecule has 0 radical (unpaired) electrons. The predicted octanol–water partition coefficient (Wildman–Crippen LogP) is 2.77. The molecule has 1 saturated heterocycles. The molecule has 27 heavy (non-hydrogen) atoms. The summed E-state index contributed by atoms with van der Waals surface area (Å²) in [6.45, 7) is 5.48. The van der Waals surface area contributed by atoms with E-state index in [1.165, 1.54) is 12.1 Å². The summed E-state index contributed by atoms with van der Waals surface area (Å²) in [7, 11) is 0. The number of benzene rings is 1. The summed E-state index contributed by atoms with van der Waals surface area (Å²) in [4.78, 5) is 25.4. The van der Waals surface area contributed by atoms with E-state index in [0.29, 0.717) is 43.3 Å².